The Hall–Kier alpha value is -2.07. The number of hydrogen-bond acceptors (Lipinski definition) is 8. The summed E-state index contributed by atoms with van der Waals surface area (Å²) in [6.07, 6.45) is 0. The molecule has 0 saturated heterocycles. The van der Waals surface area contributed by atoms with Gasteiger partial charge in [-0.25, -0.2) is 17.5 Å². The summed E-state index contributed by atoms with van der Waals surface area (Å²) < 4.78 is 34.3. The van der Waals surface area contributed by atoms with Crippen LogP contribution >= 0.6 is 11.3 Å². The van der Waals surface area contributed by atoms with Crippen molar-refractivity contribution in [1.82, 2.24) is 4.31 Å². The minimum Gasteiger partial charge on any atom is -0.504 e. The summed E-state index contributed by atoms with van der Waals surface area (Å²) >= 11 is 0.956. The Balaban J connectivity index is 2.68. The molecule has 8 nitrogen and oxygen atoms in total. The molecule has 21 heavy (non-hydrogen) atoms. The summed E-state index contributed by atoms with van der Waals surface area (Å²) in [5.41, 5.74) is -0.613. The van der Waals surface area contributed by atoms with Crippen LogP contribution in [-0.4, -0.2) is 50.5 Å². The number of aliphatic hydroxyl groups excluding tert-OH is 1. The molecular weight excluding hydrogens is 322 g/mol. The maximum absolute atomic E-state index is 12.5. The van der Waals surface area contributed by atoms with Gasteiger partial charge in [0.1, 0.15) is 11.4 Å². The first kappa shape index (κ1) is 15.3. The van der Waals surface area contributed by atoms with E-state index in [0.717, 1.165) is 25.6 Å². The number of nitrogens with zero attached hydrogens (tertiary/aromatic N) is 1. The second-order valence-electron chi connectivity index (χ2n) is 3.89. The number of sulfonamides is 1. The number of carbonyl (C=O) groups excluding carboxylic acids is 2. The molecule has 0 amide bonds. The van der Waals surface area contributed by atoms with E-state index < -0.39 is 40.0 Å². The van der Waals surface area contributed by atoms with Gasteiger partial charge in [-0.05, 0) is 11.4 Å². The van der Waals surface area contributed by atoms with Crippen molar-refractivity contribution in [2.45, 2.75) is 4.90 Å². The van der Waals surface area contributed by atoms with E-state index in [1.54, 1.807) is 0 Å². The van der Waals surface area contributed by atoms with Gasteiger partial charge < -0.3 is 14.6 Å². The van der Waals surface area contributed by atoms with Crippen LogP contribution in [0.4, 0.5) is 0 Å². The van der Waals surface area contributed by atoms with E-state index in [-0.39, 0.29) is 9.77 Å². The van der Waals surface area contributed by atoms with Crippen LogP contribution in [0.2, 0.25) is 0 Å². The summed E-state index contributed by atoms with van der Waals surface area (Å²) in [5.74, 6) is -2.50. The summed E-state index contributed by atoms with van der Waals surface area (Å²) in [5, 5.41) is 11.6. The van der Waals surface area contributed by atoms with E-state index in [4.69, 9.17) is 0 Å². The number of methoxy groups -OCH3 is 2. The minimum atomic E-state index is -4.16. The smallest absolute Gasteiger partial charge is 0.359 e. The van der Waals surface area contributed by atoms with Crippen molar-refractivity contribution < 1.29 is 32.6 Å². The van der Waals surface area contributed by atoms with Gasteiger partial charge in [0.05, 0.1) is 19.1 Å². The average Bonchev–Trinajstić information content (AvgIpc) is 2.95. The van der Waals surface area contributed by atoms with E-state index in [0.29, 0.717) is 4.31 Å². The number of hydrogen-bond donors (Lipinski definition) is 1. The summed E-state index contributed by atoms with van der Waals surface area (Å²) in [6.45, 7) is -0.747. The zero-order valence-electron chi connectivity index (χ0n) is 11.0. The van der Waals surface area contributed by atoms with E-state index in [2.05, 4.69) is 9.47 Å². The molecule has 1 N–H and O–H groups in total. The highest BCUT2D eigenvalue weighted by Crippen LogP contribution is 2.38. The van der Waals surface area contributed by atoms with Crippen LogP contribution in [0.25, 0.3) is 5.76 Å². The Morgan fingerprint density at radius 1 is 1.33 bits per heavy atom. The highest BCUT2D eigenvalue weighted by Gasteiger charge is 2.42. The molecule has 1 aromatic rings. The van der Waals surface area contributed by atoms with Crippen LogP contribution in [0, 0.1) is 0 Å². The molecule has 0 radical (unpaired) electrons. The summed E-state index contributed by atoms with van der Waals surface area (Å²) in [4.78, 5) is 23.0. The summed E-state index contributed by atoms with van der Waals surface area (Å²) in [6, 6.07) is 1.28. The molecule has 0 aromatic carbocycles. The van der Waals surface area contributed by atoms with Crippen molar-refractivity contribution in [1.29, 1.82) is 0 Å². The molecule has 0 saturated carbocycles. The van der Waals surface area contributed by atoms with Crippen LogP contribution in [-0.2, 0) is 29.1 Å². The Kier molecular flexibility index (Phi) is 3.92. The first-order valence-corrected chi connectivity index (χ1v) is 7.85. The SMILES string of the molecule is COC(=O)CN1C(C(=O)OC)=C(O)c2sccc2S1(=O)=O. The molecule has 10 heteroatoms. The Labute approximate surface area is 124 Å². The number of thiophene rings is 1. The predicted molar refractivity (Wildman–Crippen MR) is 71.8 cm³/mol. The number of aliphatic hydroxyl groups is 1. The lowest BCUT2D eigenvalue weighted by molar-refractivity contribution is -0.141. The first-order chi connectivity index (χ1) is 9.84. The molecule has 0 atom stereocenters. The molecule has 1 aliphatic rings. The Morgan fingerprint density at radius 2 is 2.00 bits per heavy atom. The summed E-state index contributed by atoms with van der Waals surface area (Å²) in [7, 11) is -2.04. The third-order valence-corrected chi connectivity index (χ3v) is 5.60. The van der Waals surface area contributed by atoms with Gasteiger partial charge in [-0.2, -0.15) is 0 Å². The Bertz CT molecular complexity index is 732. The zero-order chi connectivity index (χ0) is 15.8. The van der Waals surface area contributed by atoms with Crippen molar-refractivity contribution >= 4 is 39.1 Å². The second kappa shape index (κ2) is 5.37. The van der Waals surface area contributed by atoms with Crippen LogP contribution in [0.3, 0.4) is 0 Å². The van der Waals surface area contributed by atoms with Crippen LogP contribution < -0.4 is 0 Å². The first-order valence-electron chi connectivity index (χ1n) is 5.53. The monoisotopic (exact) mass is 333 g/mol. The molecule has 1 aromatic heterocycles. The van der Waals surface area contributed by atoms with Crippen LogP contribution in [0.5, 0.6) is 0 Å². The number of esters is 2. The standard InChI is InChI=1S/C11H11NO7S2/c1-18-7(13)5-12-8(11(15)19-2)9(14)10-6(3-4-20-10)21(12,16)17/h3-4,14H,5H2,1-2H3. The van der Waals surface area contributed by atoms with Crippen molar-refractivity contribution in [3.8, 4) is 0 Å². The van der Waals surface area contributed by atoms with E-state index in [1.807, 2.05) is 0 Å². The van der Waals surface area contributed by atoms with Crippen LogP contribution in [0.15, 0.2) is 22.0 Å². The normalized spacial score (nSPS) is 16.4. The number of fused-ring (bicyclic) bond motifs is 1. The lowest BCUT2D eigenvalue weighted by atomic mass is 10.3. The molecule has 1 aliphatic heterocycles. The van der Waals surface area contributed by atoms with Gasteiger partial charge in [-0.3, -0.25) is 4.79 Å². The van der Waals surface area contributed by atoms with Crippen LogP contribution in [0.1, 0.15) is 4.88 Å². The molecule has 2 heterocycles. The topological polar surface area (TPSA) is 110 Å². The lowest BCUT2D eigenvalue weighted by Crippen LogP contribution is -2.41. The number of rotatable bonds is 3. The second-order valence-corrected chi connectivity index (χ2v) is 6.64. The number of ether oxygens (including phenoxy) is 2. The molecule has 2 rings (SSSR count). The molecule has 0 spiro atoms. The van der Waals surface area contributed by atoms with Gasteiger partial charge in [-0.15, -0.1) is 11.3 Å². The van der Waals surface area contributed by atoms with Gasteiger partial charge in [0, 0.05) is 0 Å². The van der Waals surface area contributed by atoms with E-state index in [1.165, 1.54) is 11.4 Å². The van der Waals surface area contributed by atoms with Crippen molar-refractivity contribution in [3.05, 3.63) is 22.0 Å². The fourth-order valence-corrected chi connectivity index (χ4v) is 4.54. The molecular formula is C11H11NO7S2. The minimum absolute atomic E-state index is 0.0246. The predicted octanol–water partition coefficient (Wildman–Crippen LogP) is 0.325. The highest BCUT2D eigenvalue weighted by molar-refractivity contribution is 7.89. The van der Waals surface area contributed by atoms with Gasteiger partial charge in [-0.1, -0.05) is 0 Å². The Morgan fingerprint density at radius 3 is 2.57 bits per heavy atom. The van der Waals surface area contributed by atoms with E-state index in [9.17, 15) is 23.1 Å². The van der Waals surface area contributed by atoms with Gasteiger partial charge in [0.25, 0.3) is 10.0 Å². The van der Waals surface area contributed by atoms with Crippen molar-refractivity contribution in [2.24, 2.45) is 0 Å². The third kappa shape index (κ3) is 2.36. The van der Waals surface area contributed by atoms with Gasteiger partial charge >= 0.3 is 11.9 Å². The van der Waals surface area contributed by atoms with Crippen molar-refractivity contribution in [2.75, 3.05) is 20.8 Å². The molecule has 114 valence electrons. The molecule has 0 fully saturated rings. The third-order valence-electron chi connectivity index (χ3n) is 2.77. The highest BCUT2D eigenvalue weighted by atomic mass is 32.2. The maximum Gasteiger partial charge on any atom is 0.359 e. The molecule has 0 aliphatic carbocycles. The van der Waals surface area contributed by atoms with Gasteiger partial charge in [0.15, 0.2) is 11.5 Å². The average molecular weight is 333 g/mol. The maximum atomic E-state index is 12.5. The molecule has 0 unspecified atom stereocenters. The number of carbonyl (C=O) groups is 2. The molecule has 0 bridgehead atoms. The fourth-order valence-electron chi connectivity index (χ4n) is 1.78. The lowest BCUT2D eigenvalue weighted by Gasteiger charge is -2.28. The van der Waals surface area contributed by atoms with Gasteiger partial charge in [0.2, 0.25) is 0 Å². The van der Waals surface area contributed by atoms with E-state index >= 15 is 0 Å². The van der Waals surface area contributed by atoms with Crippen molar-refractivity contribution in [3.63, 3.8) is 0 Å². The largest absolute Gasteiger partial charge is 0.504 e. The fraction of sp³-hybridized carbons (Fsp3) is 0.273. The quantitative estimate of drug-likeness (QED) is 0.793. The zero-order valence-corrected chi connectivity index (χ0v) is 12.7.